The van der Waals surface area contributed by atoms with Crippen LogP contribution in [0.4, 0.5) is 10.1 Å². The molecule has 1 heterocycles. The fourth-order valence-corrected chi connectivity index (χ4v) is 3.39. The van der Waals surface area contributed by atoms with Crippen LogP contribution >= 0.6 is 15.9 Å². The lowest BCUT2D eigenvalue weighted by atomic mass is 10.1. The van der Waals surface area contributed by atoms with Gasteiger partial charge in [0.05, 0.1) is 28.3 Å². The molecular weight excluding hydrogens is 433 g/mol. The SMILES string of the molecule is CC(=Nc1ccc(Br)cc1)c1c(-c2ccccc2)[nH]n(-c2ccc(F)cc2)c1=O. The van der Waals surface area contributed by atoms with Crippen molar-refractivity contribution in [2.24, 2.45) is 4.99 Å². The van der Waals surface area contributed by atoms with Crippen LogP contribution in [-0.2, 0) is 0 Å². The topological polar surface area (TPSA) is 50.1 Å². The van der Waals surface area contributed by atoms with Gasteiger partial charge in [0, 0.05) is 10.0 Å². The molecule has 4 aromatic rings. The van der Waals surface area contributed by atoms with E-state index in [0.717, 1.165) is 15.7 Å². The van der Waals surface area contributed by atoms with E-state index >= 15 is 0 Å². The summed E-state index contributed by atoms with van der Waals surface area (Å²) >= 11 is 3.41. The third-order valence-electron chi connectivity index (χ3n) is 4.52. The molecule has 0 spiro atoms. The second kappa shape index (κ2) is 8.01. The molecule has 4 rings (SSSR count). The molecule has 144 valence electrons. The summed E-state index contributed by atoms with van der Waals surface area (Å²) in [5, 5.41) is 3.17. The summed E-state index contributed by atoms with van der Waals surface area (Å²) in [5.74, 6) is -0.357. The minimum absolute atomic E-state index is 0.242. The smallest absolute Gasteiger partial charge is 0.280 e. The molecule has 0 unspecified atom stereocenters. The Labute approximate surface area is 175 Å². The molecular formula is C23H17BrFN3O. The van der Waals surface area contributed by atoms with Crippen molar-refractivity contribution < 1.29 is 4.39 Å². The number of H-pyrrole nitrogens is 1. The fourth-order valence-electron chi connectivity index (χ4n) is 3.12. The quantitative estimate of drug-likeness (QED) is 0.388. The minimum atomic E-state index is -0.357. The van der Waals surface area contributed by atoms with E-state index < -0.39 is 0 Å². The number of aromatic nitrogens is 2. The largest absolute Gasteiger partial charge is 0.290 e. The van der Waals surface area contributed by atoms with Crippen LogP contribution in [0.2, 0.25) is 0 Å². The van der Waals surface area contributed by atoms with Crippen molar-refractivity contribution in [3.63, 3.8) is 0 Å². The highest BCUT2D eigenvalue weighted by Gasteiger charge is 2.19. The molecule has 0 radical (unpaired) electrons. The number of rotatable bonds is 4. The number of benzene rings is 3. The van der Waals surface area contributed by atoms with Gasteiger partial charge in [0.1, 0.15) is 5.82 Å². The molecule has 0 aliphatic carbocycles. The van der Waals surface area contributed by atoms with E-state index in [1.807, 2.05) is 61.5 Å². The normalized spacial score (nSPS) is 11.6. The Morgan fingerprint density at radius 3 is 2.28 bits per heavy atom. The van der Waals surface area contributed by atoms with Gasteiger partial charge < -0.3 is 0 Å². The second-order valence-electron chi connectivity index (χ2n) is 6.52. The van der Waals surface area contributed by atoms with Crippen molar-refractivity contribution >= 4 is 27.3 Å². The Morgan fingerprint density at radius 1 is 0.966 bits per heavy atom. The number of nitrogens with zero attached hydrogens (tertiary/aromatic N) is 2. The predicted molar refractivity (Wildman–Crippen MR) is 118 cm³/mol. The van der Waals surface area contributed by atoms with Crippen molar-refractivity contribution in [1.82, 2.24) is 9.78 Å². The van der Waals surface area contributed by atoms with Gasteiger partial charge >= 0.3 is 0 Å². The van der Waals surface area contributed by atoms with Gasteiger partial charge in [-0.1, -0.05) is 46.3 Å². The second-order valence-corrected chi connectivity index (χ2v) is 7.43. The van der Waals surface area contributed by atoms with Crippen LogP contribution in [0.25, 0.3) is 16.9 Å². The first kappa shape index (κ1) is 19.1. The zero-order chi connectivity index (χ0) is 20.4. The number of hydrogen-bond acceptors (Lipinski definition) is 2. The summed E-state index contributed by atoms with van der Waals surface area (Å²) in [6, 6.07) is 22.9. The van der Waals surface area contributed by atoms with Crippen LogP contribution in [0.5, 0.6) is 0 Å². The van der Waals surface area contributed by atoms with Crippen molar-refractivity contribution in [2.75, 3.05) is 0 Å². The summed E-state index contributed by atoms with van der Waals surface area (Å²) in [6.07, 6.45) is 0. The van der Waals surface area contributed by atoms with Gasteiger partial charge in [-0.2, -0.15) is 0 Å². The molecule has 0 aliphatic rings. The first-order valence-corrected chi connectivity index (χ1v) is 9.80. The number of hydrogen-bond donors (Lipinski definition) is 1. The first-order chi connectivity index (χ1) is 14.0. The third kappa shape index (κ3) is 3.98. The summed E-state index contributed by atoms with van der Waals surface area (Å²) < 4.78 is 15.7. The third-order valence-corrected chi connectivity index (χ3v) is 5.05. The van der Waals surface area contributed by atoms with Crippen molar-refractivity contribution in [1.29, 1.82) is 0 Å². The average Bonchev–Trinajstić information content (AvgIpc) is 3.08. The molecule has 0 fully saturated rings. The zero-order valence-corrected chi connectivity index (χ0v) is 17.2. The predicted octanol–water partition coefficient (Wildman–Crippen LogP) is 5.87. The minimum Gasteiger partial charge on any atom is -0.290 e. The maximum atomic E-state index is 13.3. The number of aliphatic imine (C=N–C) groups is 1. The first-order valence-electron chi connectivity index (χ1n) is 9.00. The van der Waals surface area contributed by atoms with E-state index in [0.29, 0.717) is 22.7 Å². The van der Waals surface area contributed by atoms with Crippen LogP contribution in [0, 0.1) is 5.82 Å². The molecule has 0 amide bonds. The highest BCUT2D eigenvalue weighted by atomic mass is 79.9. The highest BCUT2D eigenvalue weighted by Crippen LogP contribution is 2.23. The van der Waals surface area contributed by atoms with Crippen LogP contribution in [0.1, 0.15) is 12.5 Å². The molecule has 0 saturated heterocycles. The molecule has 0 aliphatic heterocycles. The summed E-state index contributed by atoms with van der Waals surface area (Å²) in [5.41, 5.74) is 3.66. The molecule has 0 bridgehead atoms. The average molecular weight is 450 g/mol. The van der Waals surface area contributed by atoms with Crippen LogP contribution < -0.4 is 5.56 Å². The number of halogens is 2. The van der Waals surface area contributed by atoms with E-state index in [2.05, 4.69) is 26.0 Å². The van der Waals surface area contributed by atoms with E-state index in [4.69, 9.17) is 0 Å². The lowest BCUT2D eigenvalue weighted by Gasteiger charge is -2.03. The van der Waals surface area contributed by atoms with Crippen LogP contribution in [-0.4, -0.2) is 15.5 Å². The lowest BCUT2D eigenvalue weighted by Crippen LogP contribution is -2.19. The lowest BCUT2D eigenvalue weighted by molar-refractivity contribution is 0.627. The molecule has 1 aromatic heterocycles. The van der Waals surface area contributed by atoms with Gasteiger partial charge in [0.15, 0.2) is 0 Å². The summed E-state index contributed by atoms with van der Waals surface area (Å²) in [6.45, 7) is 1.81. The molecule has 1 N–H and O–H groups in total. The molecule has 29 heavy (non-hydrogen) atoms. The van der Waals surface area contributed by atoms with E-state index in [1.165, 1.54) is 16.8 Å². The molecule has 0 atom stereocenters. The molecule has 6 heteroatoms. The molecule has 3 aromatic carbocycles. The van der Waals surface area contributed by atoms with Crippen LogP contribution in [0.15, 0.2) is 93.1 Å². The maximum Gasteiger partial charge on any atom is 0.280 e. The molecule has 4 nitrogen and oxygen atoms in total. The van der Waals surface area contributed by atoms with Gasteiger partial charge in [0.25, 0.3) is 5.56 Å². The Bertz CT molecular complexity index is 1220. The zero-order valence-electron chi connectivity index (χ0n) is 15.6. The van der Waals surface area contributed by atoms with Gasteiger partial charge in [-0.15, -0.1) is 0 Å². The molecule has 0 saturated carbocycles. The Morgan fingerprint density at radius 2 is 1.62 bits per heavy atom. The van der Waals surface area contributed by atoms with Crippen LogP contribution in [0.3, 0.4) is 0 Å². The number of aromatic amines is 1. The Kier molecular flexibility index (Phi) is 5.27. The Balaban J connectivity index is 1.90. The summed E-state index contributed by atoms with van der Waals surface area (Å²) in [7, 11) is 0. The van der Waals surface area contributed by atoms with Gasteiger partial charge in [0.2, 0.25) is 0 Å². The standard InChI is InChI=1S/C23H17BrFN3O/c1-15(26-19-11-7-17(24)8-12-19)21-22(16-5-3-2-4-6-16)27-28(23(21)29)20-13-9-18(25)10-14-20/h2-14,27H,1H3. The van der Waals surface area contributed by atoms with Crippen molar-refractivity contribution in [2.45, 2.75) is 6.92 Å². The monoisotopic (exact) mass is 449 g/mol. The van der Waals surface area contributed by atoms with E-state index in [9.17, 15) is 9.18 Å². The number of nitrogens with one attached hydrogen (secondary N) is 1. The van der Waals surface area contributed by atoms with Gasteiger partial charge in [-0.25, -0.2) is 9.07 Å². The van der Waals surface area contributed by atoms with E-state index in [1.54, 1.807) is 12.1 Å². The Hall–Kier alpha value is -3.25. The highest BCUT2D eigenvalue weighted by molar-refractivity contribution is 9.10. The summed E-state index contributed by atoms with van der Waals surface area (Å²) in [4.78, 5) is 17.9. The fraction of sp³-hybridized carbons (Fsp3) is 0.0435. The van der Waals surface area contributed by atoms with Crippen molar-refractivity contribution in [3.05, 3.63) is 105 Å². The van der Waals surface area contributed by atoms with Crippen molar-refractivity contribution in [3.8, 4) is 16.9 Å². The van der Waals surface area contributed by atoms with E-state index in [-0.39, 0.29) is 11.4 Å². The maximum absolute atomic E-state index is 13.3. The van der Waals surface area contributed by atoms with Gasteiger partial charge in [-0.05, 0) is 55.5 Å². The van der Waals surface area contributed by atoms with Gasteiger partial charge in [-0.3, -0.25) is 14.9 Å².